The highest BCUT2D eigenvalue weighted by molar-refractivity contribution is 9.11. The van der Waals surface area contributed by atoms with Crippen molar-refractivity contribution >= 4 is 39.1 Å². The van der Waals surface area contributed by atoms with Crippen molar-refractivity contribution in [2.45, 2.75) is 6.04 Å². The van der Waals surface area contributed by atoms with Crippen LogP contribution in [0.4, 0.5) is 0 Å². The van der Waals surface area contributed by atoms with Crippen LogP contribution in [0.15, 0.2) is 15.9 Å². The maximum Gasteiger partial charge on any atom is 0.264 e. The number of carbonyl (C=O) groups excluding carboxylic acids is 2. The molecule has 1 aromatic rings. The van der Waals surface area contributed by atoms with Crippen molar-refractivity contribution < 1.29 is 9.59 Å². The molecule has 1 unspecified atom stereocenters. The van der Waals surface area contributed by atoms with Gasteiger partial charge < -0.3 is 15.1 Å². The van der Waals surface area contributed by atoms with Gasteiger partial charge in [-0.05, 0) is 28.1 Å². The summed E-state index contributed by atoms with van der Waals surface area (Å²) in [5, 5.41) is 3.16. The summed E-state index contributed by atoms with van der Waals surface area (Å²) in [7, 11) is 3.42. The van der Waals surface area contributed by atoms with Gasteiger partial charge in [0, 0.05) is 33.7 Å². The summed E-state index contributed by atoms with van der Waals surface area (Å²) in [6.45, 7) is 1.78. The van der Waals surface area contributed by atoms with Gasteiger partial charge in [0.2, 0.25) is 5.91 Å². The average Bonchev–Trinajstić information content (AvgIpc) is 2.83. The smallest absolute Gasteiger partial charge is 0.264 e. The number of likely N-dealkylation sites (N-methyl/N-ethyl adjacent to an activating group) is 1. The first kappa shape index (κ1) is 14.5. The predicted octanol–water partition coefficient (Wildman–Crippen LogP) is 1.01. The second-order valence-electron chi connectivity index (χ2n) is 4.55. The number of carbonyl (C=O) groups is 2. The fourth-order valence-corrected chi connectivity index (χ4v) is 3.38. The molecule has 0 bridgehead atoms. The molecule has 0 aliphatic carbocycles. The highest BCUT2D eigenvalue weighted by Gasteiger charge is 2.33. The minimum absolute atomic E-state index is 0.0452. The number of amides is 2. The Morgan fingerprint density at radius 3 is 2.79 bits per heavy atom. The number of hydrogen-bond acceptors (Lipinski definition) is 4. The zero-order valence-corrected chi connectivity index (χ0v) is 13.3. The molecular weight excluding hydrogens is 330 g/mol. The Hall–Kier alpha value is -0.920. The molecule has 2 rings (SSSR count). The average molecular weight is 346 g/mol. The molecule has 0 radical (unpaired) electrons. The summed E-state index contributed by atoms with van der Waals surface area (Å²) < 4.78 is 0.918. The molecule has 104 valence electrons. The Bertz CT molecular complexity index is 489. The largest absolute Gasteiger partial charge is 0.347 e. The highest BCUT2D eigenvalue weighted by Crippen LogP contribution is 2.24. The van der Waals surface area contributed by atoms with Crippen molar-refractivity contribution in [3.05, 3.63) is 20.8 Å². The normalized spacial score (nSPS) is 19.3. The van der Waals surface area contributed by atoms with E-state index in [1.165, 1.54) is 16.2 Å². The van der Waals surface area contributed by atoms with Crippen molar-refractivity contribution in [2.24, 2.45) is 0 Å². The van der Waals surface area contributed by atoms with Gasteiger partial charge in [-0.15, -0.1) is 11.3 Å². The standard InChI is InChI=1S/C12H16BrN3O2S/c1-15(2)11(17)8-7-14-5-6-16(8)12(18)9-3-4-10(13)19-9/h3-4,8,14H,5-7H2,1-2H3. The van der Waals surface area contributed by atoms with Crippen molar-refractivity contribution in [3.63, 3.8) is 0 Å². The Kier molecular flexibility index (Phi) is 4.59. The van der Waals surface area contributed by atoms with E-state index in [1.807, 2.05) is 6.07 Å². The quantitative estimate of drug-likeness (QED) is 0.870. The van der Waals surface area contributed by atoms with Crippen molar-refractivity contribution in [3.8, 4) is 0 Å². The highest BCUT2D eigenvalue weighted by atomic mass is 79.9. The van der Waals surface area contributed by atoms with Gasteiger partial charge in [-0.1, -0.05) is 0 Å². The van der Waals surface area contributed by atoms with E-state index in [-0.39, 0.29) is 11.8 Å². The van der Waals surface area contributed by atoms with Crippen LogP contribution in [0.1, 0.15) is 9.67 Å². The number of nitrogens with zero attached hydrogens (tertiary/aromatic N) is 2. The second kappa shape index (κ2) is 6.02. The molecule has 2 amide bonds. The topological polar surface area (TPSA) is 52.7 Å². The number of rotatable bonds is 2. The minimum Gasteiger partial charge on any atom is -0.347 e. The molecule has 19 heavy (non-hydrogen) atoms. The van der Waals surface area contributed by atoms with Crippen LogP contribution in [-0.4, -0.2) is 61.4 Å². The summed E-state index contributed by atoms with van der Waals surface area (Å²) in [5.41, 5.74) is 0. The van der Waals surface area contributed by atoms with Gasteiger partial charge >= 0.3 is 0 Å². The van der Waals surface area contributed by atoms with Crippen LogP contribution in [0.5, 0.6) is 0 Å². The van der Waals surface area contributed by atoms with E-state index in [1.54, 1.807) is 25.1 Å². The van der Waals surface area contributed by atoms with Crippen LogP contribution in [0, 0.1) is 0 Å². The molecule has 5 nitrogen and oxygen atoms in total. The van der Waals surface area contributed by atoms with Gasteiger partial charge in [0.05, 0.1) is 8.66 Å². The van der Waals surface area contributed by atoms with E-state index in [0.29, 0.717) is 18.0 Å². The van der Waals surface area contributed by atoms with E-state index in [0.717, 1.165) is 10.3 Å². The maximum atomic E-state index is 12.5. The van der Waals surface area contributed by atoms with Crippen LogP contribution < -0.4 is 5.32 Å². The zero-order valence-electron chi connectivity index (χ0n) is 10.9. The fraction of sp³-hybridized carbons (Fsp3) is 0.500. The third-order valence-corrected chi connectivity index (χ3v) is 4.63. The van der Waals surface area contributed by atoms with Gasteiger partial charge in [0.15, 0.2) is 0 Å². The van der Waals surface area contributed by atoms with Crippen LogP contribution in [0.2, 0.25) is 0 Å². The van der Waals surface area contributed by atoms with Gasteiger partial charge in [-0.3, -0.25) is 9.59 Å². The second-order valence-corrected chi connectivity index (χ2v) is 7.02. The lowest BCUT2D eigenvalue weighted by atomic mass is 10.1. The molecule has 1 atom stereocenters. The van der Waals surface area contributed by atoms with Crippen LogP contribution >= 0.6 is 27.3 Å². The Morgan fingerprint density at radius 2 is 2.21 bits per heavy atom. The van der Waals surface area contributed by atoms with Gasteiger partial charge in [0.25, 0.3) is 5.91 Å². The lowest BCUT2D eigenvalue weighted by molar-refractivity contribution is -0.134. The van der Waals surface area contributed by atoms with Gasteiger partial charge in [-0.25, -0.2) is 0 Å². The van der Waals surface area contributed by atoms with Crippen molar-refractivity contribution in [1.82, 2.24) is 15.1 Å². The number of halogens is 1. The minimum atomic E-state index is -0.419. The molecule has 0 saturated carbocycles. The third kappa shape index (κ3) is 3.16. The van der Waals surface area contributed by atoms with Crippen molar-refractivity contribution in [2.75, 3.05) is 33.7 Å². The molecule has 1 N–H and O–H groups in total. The lowest BCUT2D eigenvalue weighted by Gasteiger charge is -2.36. The molecule has 1 saturated heterocycles. The van der Waals surface area contributed by atoms with E-state index in [2.05, 4.69) is 21.2 Å². The van der Waals surface area contributed by atoms with Gasteiger partial charge in [0.1, 0.15) is 6.04 Å². The first-order valence-corrected chi connectivity index (χ1v) is 7.60. The summed E-state index contributed by atoms with van der Waals surface area (Å²) in [5.74, 6) is -0.117. The zero-order chi connectivity index (χ0) is 14.0. The van der Waals surface area contributed by atoms with Gasteiger partial charge in [-0.2, -0.15) is 0 Å². The molecule has 1 fully saturated rings. The third-order valence-electron chi connectivity index (χ3n) is 3.01. The monoisotopic (exact) mass is 345 g/mol. The molecule has 1 aliphatic heterocycles. The molecule has 1 aliphatic rings. The Balaban J connectivity index is 2.20. The summed E-state index contributed by atoms with van der Waals surface area (Å²) >= 11 is 4.74. The first-order valence-electron chi connectivity index (χ1n) is 5.99. The summed E-state index contributed by atoms with van der Waals surface area (Å²) in [6.07, 6.45) is 0. The maximum absolute atomic E-state index is 12.5. The van der Waals surface area contributed by atoms with Crippen LogP contribution in [0.25, 0.3) is 0 Å². The Labute approximate surface area is 124 Å². The first-order chi connectivity index (χ1) is 9.00. The molecule has 1 aromatic heterocycles. The number of hydrogen-bond donors (Lipinski definition) is 1. The molecular formula is C12H16BrN3O2S. The molecule has 7 heteroatoms. The molecule has 0 spiro atoms. The van der Waals surface area contributed by atoms with Crippen LogP contribution in [-0.2, 0) is 4.79 Å². The summed E-state index contributed by atoms with van der Waals surface area (Å²) in [6, 6.07) is 3.22. The van der Waals surface area contributed by atoms with E-state index in [4.69, 9.17) is 0 Å². The fourth-order valence-electron chi connectivity index (χ4n) is 2.04. The number of thiophene rings is 1. The van der Waals surface area contributed by atoms with E-state index >= 15 is 0 Å². The number of nitrogens with one attached hydrogen (secondary N) is 1. The summed E-state index contributed by atoms with van der Waals surface area (Å²) in [4.78, 5) is 28.5. The van der Waals surface area contributed by atoms with Crippen molar-refractivity contribution in [1.29, 1.82) is 0 Å². The predicted molar refractivity (Wildman–Crippen MR) is 78.4 cm³/mol. The number of piperazine rings is 1. The SMILES string of the molecule is CN(C)C(=O)C1CNCCN1C(=O)c1ccc(Br)s1. The Morgan fingerprint density at radius 1 is 1.47 bits per heavy atom. The molecule has 2 heterocycles. The lowest BCUT2D eigenvalue weighted by Crippen LogP contribution is -2.59. The van der Waals surface area contributed by atoms with Crippen LogP contribution in [0.3, 0.4) is 0 Å². The van der Waals surface area contributed by atoms with E-state index in [9.17, 15) is 9.59 Å². The molecule has 0 aromatic carbocycles. The van der Waals surface area contributed by atoms with E-state index < -0.39 is 6.04 Å².